The molecule has 0 aromatic heterocycles. The van der Waals surface area contributed by atoms with Crippen LogP contribution >= 0.6 is 0 Å². The van der Waals surface area contributed by atoms with Gasteiger partial charge in [-0.2, -0.15) is 0 Å². The first-order valence-electron chi connectivity index (χ1n) is 8.31. The van der Waals surface area contributed by atoms with Gasteiger partial charge in [0.15, 0.2) is 11.5 Å². The average molecular weight is 334 g/mol. The standard InChI is InChI=1S/C20H30O4/c1-13(2)11-15(5)19(23-17(7)21)9-10-20(24-18(8)22)16(6)12-14(3)4/h13-14H,11-12H2,1-8H3/b19-15-,20-16+. The zero-order chi connectivity index (χ0) is 18.9. The van der Waals surface area contributed by atoms with E-state index in [0.717, 1.165) is 24.0 Å². The number of carbonyl (C=O) groups is 2. The van der Waals surface area contributed by atoms with Gasteiger partial charge in [-0.3, -0.25) is 9.59 Å². The van der Waals surface area contributed by atoms with Crippen LogP contribution in [0.25, 0.3) is 0 Å². The molecule has 0 aromatic carbocycles. The van der Waals surface area contributed by atoms with E-state index in [9.17, 15) is 9.59 Å². The van der Waals surface area contributed by atoms with Gasteiger partial charge in [-0.25, -0.2) is 0 Å². The first kappa shape index (κ1) is 22.0. The van der Waals surface area contributed by atoms with Crippen LogP contribution in [0, 0.1) is 23.7 Å². The van der Waals surface area contributed by atoms with Crippen molar-refractivity contribution in [3.63, 3.8) is 0 Å². The van der Waals surface area contributed by atoms with Crippen LogP contribution in [0.2, 0.25) is 0 Å². The number of hydrogen-bond acceptors (Lipinski definition) is 4. The van der Waals surface area contributed by atoms with Crippen LogP contribution < -0.4 is 0 Å². The minimum absolute atomic E-state index is 0.332. The quantitative estimate of drug-likeness (QED) is 0.399. The van der Waals surface area contributed by atoms with E-state index in [1.54, 1.807) is 0 Å². The Morgan fingerprint density at radius 2 is 1.00 bits per heavy atom. The summed E-state index contributed by atoms with van der Waals surface area (Å²) in [4.78, 5) is 22.6. The minimum atomic E-state index is -0.417. The molecule has 0 rings (SSSR count). The van der Waals surface area contributed by atoms with Gasteiger partial charge >= 0.3 is 11.9 Å². The summed E-state index contributed by atoms with van der Waals surface area (Å²) in [6.45, 7) is 14.8. The lowest BCUT2D eigenvalue weighted by molar-refractivity contribution is -0.137. The van der Waals surface area contributed by atoms with Crippen LogP contribution in [0.1, 0.15) is 68.2 Å². The lowest BCUT2D eigenvalue weighted by Gasteiger charge is -2.10. The fourth-order valence-corrected chi connectivity index (χ4v) is 2.25. The predicted molar refractivity (Wildman–Crippen MR) is 95.6 cm³/mol. The molecule has 0 aromatic rings. The van der Waals surface area contributed by atoms with Gasteiger partial charge in [-0.15, -0.1) is 0 Å². The molecule has 0 amide bonds. The highest BCUT2D eigenvalue weighted by atomic mass is 16.5. The van der Waals surface area contributed by atoms with Gasteiger partial charge in [-0.1, -0.05) is 27.7 Å². The molecule has 0 fully saturated rings. The maximum atomic E-state index is 11.3. The van der Waals surface area contributed by atoms with Crippen molar-refractivity contribution in [2.45, 2.75) is 68.2 Å². The molecule has 0 unspecified atom stereocenters. The SMILES string of the molecule is CC(=O)O/C(C#C/C(OC(C)=O)=C(/C)CC(C)C)=C(/C)CC(C)C. The summed E-state index contributed by atoms with van der Waals surface area (Å²) in [7, 11) is 0. The first-order valence-corrected chi connectivity index (χ1v) is 8.31. The molecule has 0 aliphatic rings. The molecule has 134 valence electrons. The van der Waals surface area contributed by atoms with Crippen molar-refractivity contribution in [2.75, 3.05) is 0 Å². The molecule has 0 aliphatic carbocycles. The van der Waals surface area contributed by atoms with Crippen LogP contribution in [-0.2, 0) is 19.1 Å². The first-order chi connectivity index (χ1) is 11.0. The van der Waals surface area contributed by atoms with Crippen molar-refractivity contribution in [3.8, 4) is 11.8 Å². The van der Waals surface area contributed by atoms with Crippen molar-refractivity contribution < 1.29 is 19.1 Å². The van der Waals surface area contributed by atoms with Crippen molar-refractivity contribution in [1.82, 2.24) is 0 Å². The Labute approximate surface area is 146 Å². The van der Waals surface area contributed by atoms with Gasteiger partial charge in [0.05, 0.1) is 0 Å². The van der Waals surface area contributed by atoms with Crippen LogP contribution in [0.3, 0.4) is 0 Å². The summed E-state index contributed by atoms with van der Waals surface area (Å²) in [5, 5.41) is 0. The zero-order valence-electron chi connectivity index (χ0n) is 16.2. The van der Waals surface area contributed by atoms with Gasteiger partial charge in [0.2, 0.25) is 0 Å². The Morgan fingerprint density at radius 1 is 0.708 bits per heavy atom. The Bertz CT molecular complexity index is 530. The lowest BCUT2D eigenvalue weighted by atomic mass is 10.0. The topological polar surface area (TPSA) is 52.6 Å². The van der Waals surface area contributed by atoms with Crippen LogP contribution in [0.4, 0.5) is 0 Å². The highest BCUT2D eigenvalue weighted by molar-refractivity contribution is 5.69. The summed E-state index contributed by atoms with van der Waals surface area (Å²) in [6, 6.07) is 0. The number of rotatable bonds is 6. The molecule has 0 radical (unpaired) electrons. The summed E-state index contributed by atoms with van der Waals surface area (Å²) < 4.78 is 10.5. The van der Waals surface area contributed by atoms with Crippen molar-refractivity contribution in [2.24, 2.45) is 11.8 Å². The molecule has 0 N–H and O–H groups in total. The van der Waals surface area contributed by atoms with Gasteiger partial charge in [-0.05, 0) is 61.5 Å². The van der Waals surface area contributed by atoms with E-state index in [1.165, 1.54) is 13.8 Å². The number of ether oxygens (including phenoxy) is 2. The fourth-order valence-electron chi connectivity index (χ4n) is 2.25. The molecular weight excluding hydrogens is 304 g/mol. The van der Waals surface area contributed by atoms with Gasteiger partial charge in [0.1, 0.15) is 0 Å². The van der Waals surface area contributed by atoms with E-state index in [4.69, 9.17) is 9.47 Å². The largest absolute Gasteiger partial charge is 0.417 e. The third kappa shape index (κ3) is 9.89. The molecule has 0 spiro atoms. The molecule has 0 saturated carbocycles. The Morgan fingerprint density at radius 3 is 1.21 bits per heavy atom. The molecule has 0 aliphatic heterocycles. The van der Waals surface area contributed by atoms with Crippen LogP contribution in [0.15, 0.2) is 22.7 Å². The Balaban J connectivity index is 5.77. The monoisotopic (exact) mass is 334 g/mol. The highest BCUT2D eigenvalue weighted by Gasteiger charge is 2.09. The smallest absolute Gasteiger partial charge is 0.308 e. The molecular formula is C20H30O4. The van der Waals surface area contributed by atoms with Gasteiger partial charge in [0.25, 0.3) is 0 Å². The van der Waals surface area contributed by atoms with Crippen molar-refractivity contribution >= 4 is 11.9 Å². The number of hydrogen-bond donors (Lipinski definition) is 0. The lowest BCUT2D eigenvalue weighted by Crippen LogP contribution is -2.04. The van der Waals surface area contributed by atoms with Crippen molar-refractivity contribution in [1.29, 1.82) is 0 Å². The summed E-state index contributed by atoms with van der Waals surface area (Å²) in [5.41, 5.74) is 1.80. The van der Waals surface area contributed by atoms with E-state index < -0.39 is 11.9 Å². The fraction of sp³-hybridized carbons (Fsp3) is 0.600. The maximum Gasteiger partial charge on any atom is 0.308 e. The third-order valence-electron chi connectivity index (χ3n) is 2.99. The van der Waals surface area contributed by atoms with E-state index in [2.05, 4.69) is 39.5 Å². The Hall–Kier alpha value is -2.02. The van der Waals surface area contributed by atoms with Crippen LogP contribution in [0.5, 0.6) is 0 Å². The van der Waals surface area contributed by atoms with E-state index in [1.807, 2.05) is 13.8 Å². The highest BCUT2D eigenvalue weighted by Crippen LogP contribution is 2.18. The molecule has 4 heteroatoms. The third-order valence-corrected chi connectivity index (χ3v) is 2.99. The summed E-state index contributed by atoms with van der Waals surface area (Å²) >= 11 is 0. The average Bonchev–Trinajstić information content (AvgIpc) is 2.39. The second kappa shape index (κ2) is 10.7. The van der Waals surface area contributed by atoms with Gasteiger partial charge in [0, 0.05) is 13.8 Å². The molecule has 0 saturated heterocycles. The number of carbonyl (C=O) groups excluding carboxylic acids is 2. The predicted octanol–water partition coefficient (Wildman–Crippen LogP) is 4.76. The van der Waals surface area contributed by atoms with E-state index >= 15 is 0 Å². The molecule has 0 heterocycles. The number of esters is 2. The Kier molecular flexibility index (Phi) is 9.80. The normalized spacial score (nSPS) is 12.9. The number of allylic oxidation sites excluding steroid dienone is 4. The molecule has 0 atom stereocenters. The maximum absolute atomic E-state index is 11.3. The van der Waals surface area contributed by atoms with Crippen molar-refractivity contribution in [3.05, 3.63) is 22.7 Å². The molecule has 4 nitrogen and oxygen atoms in total. The van der Waals surface area contributed by atoms with E-state index in [-0.39, 0.29) is 0 Å². The van der Waals surface area contributed by atoms with Gasteiger partial charge < -0.3 is 9.47 Å². The zero-order valence-corrected chi connectivity index (χ0v) is 16.2. The molecule has 24 heavy (non-hydrogen) atoms. The minimum Gasteiger partial charge on any atom is -0.417 e. The second-order valence-electron chi connectivity index (χ2n) is 6.85. The molecule has 0 bridgehead atoms. The summed E-state index contributed by atoms with van der Waals surface area (Å²) in [6.07, 6.45) is 1.55. The van der Waals surface area contributed by atoms with E-state index in [0.29, 0.717) is 23.4 Å². The summed E-state index contributed by atoms with van der Waals surface area (Å²) in [5.74, 6) is 6.40. The second-order valence-corrected chi connectivity index (χ2v) is 6.85. The van der Waals surface area contributed by atoms with Crippen LogP contribution in [-0.4, -0.2) is 11.9 Å².